The van der Waals surface area contributed by atoms with Gasteiger partial charge in [-0.15, -0.1) is 5.10 Å². The minimum absolute atomic E-state index is 0.0941. The van der Waals surface area contributed by atoms with Crippen LogP contribution >= 0.6 is 0 Å². The third-order valence-electron chi connectivity index (χ3n) is 4.29. The monoisotopic (exact) mass is 380 g/mol. The Morgan fingerprint density at radius 1 is 1.41 bits per heavy atom. The number of nitrogens with one attached hydrogen (secondary N) is 2. The quantitative estimate of drug-likeness (QED) is 0.322. The molecule has 0 saturated carbocycles. The van der Waals surface area contributed by atoms with Crippen LogP contribution in [0.25, 0.3) is 10.8 Å². The fraction of sp³-hybridized carbons (Fsp3) is 0.438. The first-order valence-electron chi connectivity index (χ1n) is 8.16. The molecule has 11 nitrogen and oxygen atoms in total. The van der Waals surface area contributed by atoms with Crippen molar-refractivity contribution in [1.29, 1.82) is 0 Å². The Labute approximate surface area is 152 Å². The number of aromatic nitrogens is 2. The number of carbonyl (C=O) groups excluding carboxylic acids is 1. The van der Waals surface area contributed by atoms with Crippen molar-refractivity contribution in [2.45, 2.75) is 37.6 Å². The highest BCUT2D eigenvalue weighted by atomic mass is 16.7. The summed E-state index contributed by atoms with van der Waals surface area (Å²) in [5.41, 5.74) is 5.69. The van der Waals surface area contributed by atoms with Gasteiger partial charge < -0.3 is 35.8 Å². The van der Waals surface area contributed by atoms with E-state index < -0.39 is 48.7 Å². The van der Waals surface area contributed by atoms with Gasteiger partial charge in [-0.25, -0.2) is 5.10 Å². The first-order valence-corrected chi connectivity index (χ1v) is 8.16. The molecule has 11 heteroatoms. The number of carbonyl (C=O) groups is 1. The van der Waals surface area contributed by atoms with Crippen LogP contribution in [0.5, 0.6) is 5.88 Å². The van der Waals surface area contributed by atoms with Crippen LogP contribution in [0.3, 0.4) is 0 Å². The molecule has 1 fully saturated rings. The average Bonchev–Trinajstić information content (AvgIpc) is 2.63. The zero-order valence-electron chi connectivity index (χ0n) is 14.3. The zero-order valence-corrected chi connectivity index (χ0v) is 14.3. The van der Waals surface area contributed by atoms with Gasteiger partial charge in [0.25, 0.3) is 5.56 Å². The molecule has 0 unspecified atom stereocenters. The molecule has 3 rings (SSSR count). The van der Waals surface area contributed by atoms with E-state index in [-0.39, 0.29) is 22.3 Å². The Morgan fingerprint density at radius 3 is 2.81 bits per heavy atom. The SMILES string of the molecule is CC(=O)N[C@H]1[C@H](Oc2n[nH]c(=O)c3cccc(N)c23)O[C@H](CO)[C@@H](O)[C@@H]1O. The second-order valence-corrected chi connectivity index (χ2v) is 6.18. The molecule has 0 bridgehead atoms. The number of nitrogen functional groups attached to an aromatic ring is 1. The second kappa shape index (κ2) is 7.48. The lowest BCUT2D eigenvalue weighted by Gasteiger charge is -2.41. The molecular formula is C16H20N4O7. The van der Waals surface area contributed by atoms with E-state index in [1.54, 1.807) is 12.1 Å². The first kappa shape index (κ1) is 19.0. The van der Waals surface area contributed by atoms with Gasteiger partial charge in [0.1, 0.15) is 24.4 Å². The lowest BCUT2D eigenvalue weighted by molar-refractivity contribution is -0.245. The number of benzene rings is 1. The van der Waals surface area contributed by atoms with Crippen molar-refractivity contribution in [3.8, 4) is 5.88 Å². The number of hydrogen-bond donors (Lipinski definition) is 6. The number of nitrogens with zero attached hydrogens (tertiary/aromatic N) is 1. The Morgan fingerprint density at radius 2 is 2.15 bits per heavy atom. The maximum absolute atomic E-state index is 12.0. The predicted molar refractivity (Wildman–Crippen MR) is 92.8 cm³/mol. The summed E-state index contributed by atoms with van der Waals surface area (Å²) in [7, 11) is 0. The number of aromatic amines is 1. The maximum Gasteiger partial charge on any atom is 0.272 e. The van der Waals surface area contributed by atoms with Crippen LogP contribution in [-0.2, 0) is 9.53 Å². The number of fused-ring (bicyclic) bond motifs is 1. The van der Waals surface area contributed by atoms with E-state index >= 15 is 0 Å². The Kier molecular flexibility index (Phi) is 5.28. The molecule has 1 aliphatic rings. The summed E-state index contributed by atoms with van der Waals surface area (Å²) in [6.07, 6.45) is -5.39. The van der Waals surface area contributed by atoms with E-state index in [0.29, 0.717) is 0 Å². The smallest absolute Gasteiger partial charge is 0.272 e. The normalized spacial score (nSPS) is 28.1. The molecule has 0 spiro atoms. The van der Waals surface area contributed by atoms with Gasteiger partial charge in [0.05, 0.1) is 17.4 Å². The molecule has 1 saturated heterocycles. The number of aliphatic hydroxyl groups excluding tert-OH is 3. The molecule has 27 heavy (non-hydrogen) atoms. The molecule has 0 radical (unpaired) electrons. The van der Waals surface area contributed by atoms with E-state index in [1.807, 2.05) is 0 Å². The lowest BCUT2D eigenvalue weighted by atomic mass is 9.97. The summed E-state index contributed by atoms with van der Waals surface area (Å²) < 4.78 is 11.2. The Bertz CT molecular complexity index is 902. The first-order chi connectivity index (χ1) is 12.8. The van der Waals surface area contributed by atoms with Crippen LogP contribution in [0, 0.1) is 0 Å². The van der Waals surface area contributed by atoms with E-state index in [4.69, 9.17) is 15.2 Å². The van der Waals surface area contributed by atoms with Crippen LogP contribution in [-0.4, -0.2) is 68.7 Å². The number of H-pyrrole nitrogens is 1. The third-order valence-corrected chi connectivity index (χ3v) is 4.29. The summed E-state index contributed by atoms with van der Waals surface area (Å²) in [5, 5.41) is 38.7. The van der Waals surface area contributed by atoms with Gasteiger partial charge in [0.15, 0.2) is 0 Å². The highest BCUT2D eigenvalue weighted by molar-refractivity contribution is 5.95. The number of hydrogen-bond acceptors (Lipinski definition) is 9. The standard InChI is InChI=1S/C16H20N4O7/c1-6(22)18-11-13(24)12(23)9(5-21)26-16(11)27-15-10-7(14(25)19-20-15)3-2-4-8(10)17/h2-4,9,11-13,16,21,23-24H,5,17H2,1H3,(H,18,22)(H,19,25)/t9-,11-,12-,13-,16+/m1/s1. The summed E-state index contributed by atoms with van der Waals surface area (Å²) >= 11 is 0. The average molecular weight is 380 g/mol. The van der Waals surface area contributed by atoms with Crippen molar-refractivity contribution in [3.63, 3.8) is 0 Å². The third kappa shape index (κ3) is 3.57. The van der Waals surface area contributed by atoms with Crippen molar-refractivity contribution in [1.82, 2.24) is 15.5 Å². The van der Waals surface area contributed by atoms with Gasteiger partial charge in [-0.2, -0.15) is 0 Å². The van der Waals surface area contributed by atoms with Gasteiger partial charge in [-0.05, 0) is 12.1 Å². The number of aliphatic hydroxyl groups is 3. The zero-order chi connectivity index (χ0) is 19.7. The molecule has 5 atom stereocenters. The molecule has 1 aromatic heterocycles. The van der Waals surface area contributed by atoms with Gasteiger partial charge in [0, 0.05) is 12.6 Å². The van der Waals surface area contributed by atoms with Crippen molar-refractivity contribution < 1.29 is 29.6 Å². The number of amides is 1. The number of ether oxygens (including phenoxy) is 2. The van der Waals surface area contributed by atoms with Crippen molar-refractivity contribution in [3.05, 3.63) is 28.6 Å². The van der Waals surface area contributed by atoms with Crippen LogP contribution in [0.1, 0.15) is 6.92 Å². The Hall–Kier alpha value is -2.73. The summed E-state index contributed by atoms with van der Waals surface area (Å²) in [6, 6.07) is 3.52. The number of rotatable bonds is 4. The Balaban J connectivity index is 2.01. The van der Waals surface area contributed by atoms with Crippen molar-refractivity contribution >= 4 is 22.4 Å². The van der Waals surface area contributed by atoms with Crippen LogP contribution in [0.15, 0.2) is 23.0 Å². The summed E-state index contributed by atoms with van der Waals surface area (Å²) in [5.74, 6) is -0.590. The van der Waals surface area contributed by atoms with E-state index in [1.165, 1.54) is 13.0 Å². The fourth-order valence-electron chi connectivity index (χ4n) is 2.98. The molecule has 2 heterocycles. The molecule has 1 aliphatic heterocycles. The summed E-state index contributed by atoms with van der Waals surface area (Å²) in [6.45, 7) is 0.632. The van der Waals surface area contributed by atoms with Crippen LogP contribution < -0.4 is 21.3 Å². The highest BCUT2D eigenvalue weighted by Crippen LogP contribution is 2.29. The van der Waals surface area contributed by atoms with Gasteiger partial charge in [0.2, 0.25) is 18.1 Å². The maximum atomic E-state index is 12.0. The van der Waals surface area contributed by atoms with Crippen LogP contribution in [0.4, 0.5) is 5.69 Å². The fourth-order valence-corrected chi connectivity index (χ4v) is 2.98. The molecule has 146 valence electrons. The number of anilines is 1. The highest BCUT2D eigenvalue weighted by Gasteiger charge is 2.46. The van der Waals surface area contributed by atoms with E-state index in [0.717, 1.165) is 0 Å². The topological polar surface area (TPSA) is 180 Å². The molecule has 7 N–H and O–H groups in total. The minimum atomic E-state index is -1.48. The van der Waals surface area contributed by atoms with Gasteiger partial charge in [-0.1, -0.05) is 6.07 Å². The molecular weight excluding hydrogens is 360 g/mol. The largest absolute Gasteiger partial charge is 0.444 e. The lowest BCUT2D eigenvalue weighted by Crippen LogP contribution is -2.65. The van der Waals surface area contributed by atoms with Crippen molar-refractivity contribution in [2.24, 2.45) is 0 Å². The van der Waals surface area contributed by atoms with E-state index in [9.17, 15) is 24.9 Å². The molecule has 0 aliphatic carbocycles. The summed E-state index contributed by atoms with van der Waals surface area (Å²) in [4.78, 5) is 23.4. The second-order valence-electron chi connectivity index (χ2n) is 6.18. The van der Waals surface area contributed by atoms with E-state index in [2.05, 4.69) is 15.5 Å². The molecule has 2 aromatic rings. The number of nitrogens with two attached hydrogens (primary N) is 1. The van der Waals surface area contributed by atoms with Crippen LogP contribution in [0.2, 0.25) is 0 Å². The van der Waals surface area contributed by atoms with Crippen molar-refractivity contribution in [2.75, 3.05) is 12.3 Å². The minimum Gasteiger partial charge on any atom is -0.444 e. The molecule has 1 aromatic carbocycles. The van der Waals surface area contributed by atoms with Gasteiger partial charge in [-0.3, -0.25) is 9.59 Å². The van der Waals surface area contributed by atoms with Gasteiger partial charge >= 0.3 is 0 Å². The molecule has 1 amide bonds. The predicted octanol–water partition coefficient (Wildman–Crippen LogP) is -2.17.